The predicted molar refractivity (Wildman–Crippen MR) is 204 cm³/mol. The van der Waals surface area contributed by atoms with Crippen LogP contribution in [0.25, 0.3) is 65.9 Å². The van der Waals surface area contributed by atoms with Crippen molar-refractivity contribution in [3.63, 3.8) is 0 Å². The molecule has 7 aromatic carbocycles. The quantitative estimate of drug-likeness (QED) is 0.182. The van der Waals surface area contributed by atoms with Gasteiger partial charge in [-0.25, -0.2) is 0 Å². The molecule has 1 aliphatic rings. The summed E-state index contributed by atoms with van der Waals surface area (Å²) < 4.78 is 6.51. The van der Waals surface area contributed by atoms with Crippen molar-refractivity contribution in [2.75, 3.05) is 4.90 Å². The molecule has 10 rings (SSSR count). The number of hydrogen-bond donors (Lipinski definition) is 0. The molecule has 0 atom stereocenters. The summed E-state index contributed by atoms with van der Waals surface area (Å²) in [6.45, 7) is 4.67. The lowest BCUT2D eigenvalue weighted by atomic mass is 9.82. The van der Waals surface area contributed by atoms with Gasteiger partial charge in [-0.1, -0.05) is 117 Å². The maximum Gasteiger partial charge on any atom is 0.143 e. The molecular weight excluding hydrogens is 597 g/mol. The van der Waals surface area contributed by atoms with Crippen molar-refractivity contribution in [3.8, 4) is 22.4 Å². The molecule has 1 aliphatic carbocycles. The van der Waals surface area contributed by atoms with E-state index in [1.165, 1.54) is 33.0 Å². The van der Waals surface area contributed by atoms with Gasteiger partial charge < -0.3 is 9.32 Å². The van der Waals surface area contributed by atoms with E-state index in [4.69, 9.17) is 9.40 Å². The summed E-state index contributed by atoms with van der Waals surface area (Å²) in [5.41, 5.74) is 12.3. The van der Waals surface area contributed by atoms with Gasteiger partial charge in [0.05, 0.1) is 17.6 Å². The number of anilines is 3. The highest BCUT2D eigenvalue weighted by Gasteiger charge is 2.35. The van der Waals surface area contributed by atoms with E-state index in [1.54, 1.807) is 0 Å². The van der Waals surface area contributed by atoms with Gasteiger partial charge in [-0.05, 0) is 86.9 Å². The van der Waals surface area contributed by atoms with Crippen molar-refractivity contribution in [1.29, 1.82) is 0 Å². The van der Waals surface area contributed by atoms with Crippen molar-refractivity contribution in [1.82, 2.24) is 4.98 Å². The van der Waals surface area contributed by atoms with E-state index in [-0.39, 0.29) is 5.41 Å². The van der Waals surface area contributed by atoms with E-state index in [2.05, 4.69) is 158 Å². The van der Waals surface area contributed by atoms with E-state index in [0.717, 1.165) is 61.0 Å². The van der Waals surface area contributed by atoms with Crippen LogP contribution in [0.5, 0.6) is 0 Å². The molecule has 0 saturated carbocycles. The number of furan rings is 1. The molecule has 0 spiro atoms. The zero-order chi connectivity index (χ0) is 32.7. The van der Waals surface area contributed by atoms with E-state index in [9.17, 15) is 0 Å². The molecule has 0 unspecified atom stereocenters. The normalized spacial score (nSPS) is 13.3. The third-order valence-corrected chi connectivity index (χ3v) is 10.5. The van der Waals surface area contributed by atoms with Crippen molar-refractivity contribution >= 4 is 60.5 Å². The van der Waals surface area contributed by atoms with Crippen molar-refractivity contribution in [2.45, 2.75) is 19.3 Å². The molecule has 0 radical (unpaired) electrons. The Balaban J connectivity index is 1.17. The lowest BCUT2D eigenvalue weighted by Gasteiger charge is -2.28. The van der Waals surface area contributed by atoms with E-state index in [1.807, 2.05) is 18.3 Å². The smallest absolute Gasteiger partial charge is 0.143 e. The zero-order valence-electron chi connectivity index (χ0n) is 27.3. The van der Waals surface area contributed by atoms with Gasteiger partial charge in [-0.2, -0.15) is 0 Å². The molecule has 9 aromatic rings. The number of hydrogen-bond acceptors (Lipinski definition) is 3. The second-order valence-corrected chi connectivity index (χ2v) is 13.6. The molecule has 2 aromatic heterocycles. The minimum Gasteiger partial charge on any atom is -0.455 e. The number of fused-ring (bicyclic) bond motifs is 10. The first-order chi connectivity index (χ1) is 24.0. The Morgan fingerprint density at radius 2 is 1.22 bits per heavy atom. The first-order valence-corrected chi connectivity index (χ1v) is 16.9. The van der Waals surface area contributed by atoms with Gasteiger partial charge in [0.25, 0.3) is 0 Å². The summed E-state index contributed by atoms with van der Waals surface area (Å²) in [6.07, 6.45) is 2.00. The Morgan fingerprint density at radius 1 is 0.531 bits per heavy atom. The molecule has 0 aliphatic heterocycles. The molecule has 0 bridgehead atoms. The van der Waals surface area contributed by atoms with Crippen molar-refractivity contribution in [2.24, 2.45) is 0 Å². The first-order valence-electron chi connectivity index (χ1n) is 16.9. The summed E-state index contributed by atoms with van der Waals surface area (Å²) in [5.74, 6) is 0. The average Bonchev–Trinajstić information content (AvgIpc) is 3.64. The third kappa shape index (κ3) is 4.19. The van der Waals surface area contributed by atoms with Crippen LogP contribution in [0.1, 0.15) is 25.0 Å². The molecular formula is C46H32N2O. The maximum absolute atomic E-state index is 6.51. The fraction of sp³-hybridized carbons (Fsp3) is 0.0652. The van der Waals surface area contributed by atoms with E-state index < -0.39 is 0 Å². The van der Waals surface area contributed by atoms with E-state index in [0.29, 0.717) is 0 Å². The molecule has 2 heterocycles. The Kier molecular flexibility index (Phi) is 5.92. The van der Waals surface area contributed by atoms with Crippen molar-refractivity contribution < 1.29 is 4.42 Å². The van der Waals surface area contributed by atoms with Gasteiger partial charge in [-0.15, -0.1) is 0 Å². The second kappa shape index (κ2) is 10.4. The number of nitrogens with zero attached hydrogens (tertiary/aromatic N) is 2. The van der Waals surface area contributed by atoms with E-state index >= 15 is 0 Å². The zero-order valence-corrected chi connectivity index (χ0v) is 27.3. The number of rotatable bonds is 4. The molecule has 0 N–H and O–H groups in total. The van der Waals surface area contributed by atoms with Gasteiger partial charge >= 0.3 is 0 Å². The monoisotopic (exact) mass is 628 g/mol. The first kappa shape index (κ1) is 27.9. The summed E-state index contributed by atoms with van der Waals surface area (Å²) in [4.78, 5) is 7.30. The van der Waals surface area contributed by atoms with Gasteiger partial charge in [0.2, 0.25) is 0 Å². The molecule has 3 nitrogen and oxygen atoms in total. The summed E-state index contributed by atoms with van der Waals surface area (Å²) in [7, 11) is 0. The van der Waals surface area contributed by atoms with Gasteiger partial charge in [0, 0.05) is 38.5 Å². The lowest BCUT2D eigenvalue weighted by Crippen LogP contribution is -2.16. The van der Waals surface area contributed by atoms with Gasteiger partial charge in [0.15, 0.2) is 0 Å². The fourth-order valence-corrected chi connectivity index (χ4v) is 8.03. The number of benzene rings is 7. The highest BCUT2D eigenvalue weighted by Crippen LogP contribution is 2.51. The SMILES string of the molecule is CC1(C)c2ccccc2-c2ccc(N(c3ccc(-c4ccccc4)nc3)c3ccc4c(ccc5ccc6c7ccccc7oc6c54)c3)cc21. The highest BCUT2D eigenvalue weighted by atomic mass is 16.3. The Morgan fingerprint density at radius 3 is 2.10 bits per heavy atom. The fourth-order valence-electron chi connectivity index (χ4n) is 8.03. The van der Waals surface area contributed by atoms with Gasteiger partial charge in [-0.3, -0.25) is 4.98 Å². The standard InChI is InChI=1S/C46H32N2O/c1-46(2)40-14-8-6-12-36(40)37-24-20-33(27-41(37)46)48(34-21-25-42(47-28-34)29-10-4-3-5-11-29)32-19-23-35-31(26-32)17-16-30-18-22-39-38-13-7-9-15-43(38)49-45(39)44(30)35/h3-28H,1-2H3. The predicted octanol–water partition coefficient (Wildman–Crippen LogP) is 12.7. The topological polar surface area (TPSA) is 29.3 Å². The van der Waals surface area contributed by atoms with Crippen LogP contribution in [0, 0.1) is 0 Å². The lowest BCUT2D eigenvalue weighted by molar-refractivity contribution is 0.660. The minimum absolute atomic E-state index is 0.108. The van der Waals surface area contributed by atoms with Gasteiger partial charge in [0.1, 0.15) is 11.2 Å². The van der Waals surface area contributed by atoms with Crippen LogP contribution in [-0.4, -0.2) is 4.98 Å². The number of aromatic nitrogens is 1. The average molecular weight is 629 g/mol. The van der Waals surface area contributed by atoms with Crippen LogP contribution >= 0.6 is 0 Å². The Hall–Kier alpha value is -6.19. The van der Waals surface area contributed by atoms with Crippen LogP contribution in [0.3, 0.4) is 0 Å². The van der Waals surface area contributed by atoms with Crippen molar-refractivity contribution in [3.05, 3.63) is 169 Å². The highest BCUT2D eigenvalue weighted by molar-refractivity contribution is 6.23. The Bertz CT molecular complexity index is 2740. The van der Waals surface area contributed by atoms with Crippen LogP contribution in [0.2, 0.25) is 0 Å². The van der Waals surface area contributed by atoms with Crippen LogP contribution < -0.4 is 4.90 Å². The molecule has 0 amide bonds. The van der Waals surface area contributed by atoms with Crippen LogP contribution in [-0.2, 0) is 5.41 Å². The Labute approximate surface area is 284 Å². The maximum atomic E-state index is 6.51. The molecule has 0 saturated heterocycles. The third-order valence-electron chi connectivity index (χ3n) is 10.5. The molecule has 3 heteroatoms. The molecule has 49 heavy (non-hydrogen) atoms. The summed E-state index contributed by atoms with van der Waals surface area (Å²) in [5, 5.41) is 6.94. The van der Waals surface area contributed by atoms with Crippen LogP contribution in [0.4, 0.5) is 17.1 Å². The summed E-state index contributed by atoms with van der Waals surface area (Å²) >= 11 is 0. The number of pyridine rings is 1. The van der Waals surface area contributed by atoms with Crippen LogP contribution in [0.15, 0.2) is 162 Å². The second-order valence-electron chi connectivity index (χ2n) is 13.6. The minimum atomic E-state index is -0.108. The molecule has 232 valence electrons. The number of para-hydroxylation sites is 1. The summed E-state index contributed by atoms with van der Waals surface area (Å²) in [6, 6.07) is 54.3. The molecule has 0 fully saturated rings. The largest absolute Gasteiger partial charge is 0.455 e.